The first-order valence-electron chi connectivity index (χ1n) is 24.3. The number of anilines is 1. The summed E-state index contributed by atoms with van der Waals surface area (Å²) in [6, 6.07) is 10.1. The number of amides is 5. The Morgan fingerprint density at radius 3 is 2.21 bits per heavy atom. The summed E-state index contributed by atoms with van der Waals surface area (Å²) in [5.74, 6) is -5.07. The van der Waals surface area contributed by atoms with Crippen molar-refractivity contribution in [2.75, 3.05) is 26.0 Å². The van der Waals surface area contributed by atoms with Crippen molar-refractivity contribution >= 4 is 115 Å². The number of aliphatic hydroxyl groups excluding tert-OH is 1. The lowest BCUT2D eigenvalue weighted by Gasteiger charge is -2.23. The summed E-state index contributed by atoms with van der Waals surface area (Å²) in [7, 11) is 2.95. The number of fused-ring (bicyclic) bond motifs is 14. The Bertz CT molecular complexity index is 3670. The second-order valence-electron chi connectivity index (χ2n) is 18.1. The second kappa shape index (κ2) is 25.2. The van der Waals surface area contributed by atoms with E-state index >= 15 is 0 Å². The van der Waals surface area contributed by atoms with Gasteiger partial charge in [0.15, 0.2) is 5.78 Å². The van der Waals surface area contributed by atoms with E-state index in [4.69, 9.17) is 39.7 Å². The Kier molecular flexibility index (Phi) is 17.9. The average molecular weight is 1190 g/mol. The number of pyridine rings is 1. The molecule has 0 radical (unpaired) electrons. The molecule has 0 saturated heterocycles. The molecule has 8 heterocycles. The highest BCUT2D eigenvalue weighted by molar-refractivity contribution is 7.15. The number of aliphatic hydroxyl groups is 1. The summed E-state index contributed by atoms with van der Waals surface area (Å²) >= 11 is 7.15. The fourth-order valence-electron chi connectivity index (χ4n) is 8.21. The van der Waals surface area contributed by atoms with E-state index in [0.29, 0.717) is 79.8 Å². The van der Waals surface area contributed by atoms with Gasteiger partial charge in [-0.15, -0.1) is 68.0 Å². The molecule has 0 unspecified atom stereocenters. The highest BCUT2D eigenvalue weighted by atomic mass is 32.1. The predicted octanol–water partition coefficient (Wildman–Crippen LogP) is 7.78. The van der Waals surface area contributed by atoms with Crippen LogP contribution in [0.1, 0.15) is 113 Å². The Morgan fingerprint density at radius 2 is 1.46 bits per heavy atom. The SMILES string of the molecule is CNC(=O)C[C@@H]1NC(=O)c2csc(n2)-c2ccc(-c3nc(NC(=O)/C=C\C(=O)O)cs3)nc2-c2csc(n2)-c2csc(n2)[C@H]([C@@H](O)c2ccccc2)NC(=O)CNC(=O)c2nc(sc2COC)[C@@H](C(C)C)CC(=O)c2nc1sc2C. The normalized spacial score (nSPS) is 16.7. The number of ketones is 1. The molecule has 22 nitrogen and oxygen atoms in total. The van der Waals surface area contributed by atoms with Crippen LogP contribution in [0.15, 0.2) is 76.1 Å². The Balaban J connectivity index is 1.13. The number of aromatic nitrogens is 7. The summed E-state index contributed by atoms with van der Waals surface area (Å²) in [4.78, 5) is 127. The number of carbonyl (C=O) groups excluding carboxylic acids is 6. The molecule has 9 rings (SSSR count). The van der Waals surface area contributed by atoms with Crippen LogP contribution in [0.2, 0.25) is 0 Å². The molecule has 4 atom stereocenters. The fourth-order valence-corrected chi connectivity index (χ4v) is 13.8. The third-order valence-corrected chi connectivity index (χ3v) is 18.0. The first kappa shape index (κ1) is 57.0. The fraction of sp³-hybridized carbons (Fsp3) is 0.269. The van der Waals surface area contributed by atoms with Crippen LogP contribution >= 0.6 is 68.0 Å². The van der Waals surface area contributed by atoms with Gasteiger partial charge in [-0.3, -0.25) is 28.8 Å². The van der Waals surface area contributed by atoms with Gasteiger partial charge < -0.3 is 41.5 Å². The standard InChI is InChI=1S/C52H48N12O10S6/c1-23(2)27-15-33(65)40-24(3)79-51(63-40)29(16-37(67)53-4)56-45(72)31-20-75-47(58-31)26-11-12-28(49-61-35(22-78-49)60-36(66)13-14-39(69)70)55-41(26)30-19-76-50(57-30)32-21-77-52(59-32)43(44(71)25-9-7-6-8-10-25)62-38(68)17-54-46(73)42-34(18-74-5)80-48(27)64-42/h6-14,19-23,27,29,43-44,71H,15-18H2,1-5H3,(H,53,67)(H,54,73)(H,56,72)(H,60,66)(H,62,68)(H,69,70)/b14-13-/t27-,29+,43+,44+/m1/s1. The number of aliphatic carboxylic acids is 1. The van der Waals surface area contributed by atoms with Crippen LogP contribution in [0.3, 0.4) is 0 Å². The zero-order chi connectivity index (χ0) is 56.8. The number of carbonyl (C=O) groups is 7. The third kappa shape index (κ3) is 13.1. The number of ether oxygens (including phenoxy) is 1. The molecule has 5 amide bonds. The lowest BCUT2D eigenvalue weighted by molar-refractivity contribution is -0.131. The molecule has 0 saturated carbocycles. The van der Waals surface area contributed by atoms with Crippen LogP contribution in [-0.4, -0.2) is 107 Å². The molecule has 0 fully saturated rings. The minimum absolute atomic E-state index is 0.0187. The Morgan fingerprint density at radius 1 is 0.750 bits per heavy atom. The van der Waals surface area contributed by atoms with Gasteiger partial charge >= 0.3 is 5.97 Å². The first-order chi connectivity index (χ1) is 38.5. The van der Waals surface area contributed by atoms with E-state index in [2.05, 4.69) is 31.6 Å². The van der Waals surface area contributed by atoms with Gasteiger partial charge in [-0.05, 0) is 30.5 Å². The number of carboxylic acids is 1. The lowest BCUT2D eigenvalue weighted by atomic mass is 9.90. The lowest BCUT2D eigenvalue weighted by Crippen LogP contribution is -2.40. The van der Waals surface area contributed by atoms with Gasteiger partial charge in [-0.2, -0.15) is 0 Å². The molecular weight excluding hydrogens is 1150 g/mol. The maximum Gasteiger partial charge on any atom is 0.328 e. The molecule has 1 aromatic carbocycles. The van der Waals surface area contributed by atoms with Crippen molar-refractivity contribution in [3.8, 4) is 43.4 Å². The number of carboxylic acid groups (broad SMARTS) is 1. The van der Waals surface area contributed by atoms with Gasteiger partial charge in [0.1, 0.15) is 77.2 Å². The van der Waals surface area contributed by atoms with Crippen LogP contribution in [0, 0.1) is 12.8 Å². The quantitative estimate of drug-likeness (QED) is 0.0608. The smallest absolute Gasteiger partial charge is 0.328 e. The van der Waals surface area contributed by atoms with Crippen LogP contribution in [0.5, 0.6) is 0 Å². The highest BCUT2D eigenvalue weighted by Crippen LogP contribution is 2.40. The summed E-state index contributed by atoms with van der Waals surface area (Å²) in [5, 5.41) is 43.5. The number of thiazole rings is 6. The predicted molar refractivity (Wildman–Crippen MR) is 304 cm³/mol. The summed E-state index contributed by atoms with van der Waals surface area (Å²) in [5.41, 5.74) is 2.69. The number of nitrogens with one attached hydrogen (secondary N) is 5. The number of methoxy groups -OCH3 is 1. The number of benzene rings is 1. The minimum atomic E-state index is -1.29. The average Bonchev–Trinajstić information content (AvgIpc) is 4.33. The van der Waals surface area contributed by atoms with Gasteiger partial charge in [-0.25, -0.2) is 39.7 Å². The van der Waals surface area contributed by atoms with Crippen LogP contribution < -0.4 is 26.6 Å². The van der Waals surface area contributed by atoms with Crippen molar-refractivity contribution in [1.29, 1.82) is 0 Å². The monoisotopic (exact) mass is 1190 g/mol. The van der Waals surface area contributed by atoms with Gasteiger partial charge in [0.25, 0.3) is 11.8 Å². The van der Waals surface area contributed by atoms with Gasteiger partial charge in [-0.1, -0.05) is 44.2 Å². The number of hydrogen-bond acceptors (Lipinski definition) is 22. The molecule has 7 aromatic heterocycles. The Labute approximate surface area is 479 Å². The van der Waals surface area contributed by atoms with Crippen molar-refractivity contribution in [2.24, 2.45) is 5.92 Å². The van der Waals surface area contributed by atoms with E-state index in [9.17, 15) is 38.7 Å². The molecule has 80 heavy (non-hydrogen) atoms. The molecule has 1 aliphatic rings. The highest BCUT2D eigenvalue weighted by Gasteiger charge is 2.33. The van der Waals surface area contributed by atoms with Gasteiger partial charge in [0.2, 0.25) is 17.7 Å². The molecular formula is C52H48N12O10S6. The van der Waals surface area contributed by atoms with Crippen molar-refractivity contribution in [1.82, 2.24) is 56.2 Å². The van der Waals surface area contributed by atoms with E-state index in [1.54, 1.807) is 70.9 Å². The van der Waals surface area contributed by atoms with Crippen molar-refractivity contribution in [3.05, 3.63) is 124 Å². The van der Waals surface area contributed by atoms with Crippen LogP contribution in [0.4, 0.5) is 5.82 Å². The van der Waals surface area contributed by atoms with E-state index in [1.165, 1.54) is 70.8 Å². The van der Waals surface area contributed by atoms with E-state index in [-0.39, 0.29) is 54.0 Å². The van der Waals surface area contributed by atoms with Gasteiger partial charge in [0.05, 0.1) is 41.2 Å². The minimum Gasteiger partial charge on any atom is -0.478 e. The number of hydrogen-bond donors (Lipinski definition) is 7. The number of Topliss-reactive ketones (excluding diaryl/α,β-unsaturated/α-hetero) is 1. The molecule has 0 spiro atoms. The van der Waals surface area contributed by atoms with Crippen LogP contribution in [-0.2, 0) is 30.5 Å². The van der Waals surface area contributed by atoms with E-state index in [1.807, 2.05) is 13.8 Å². The summed E-state index contributed by atoms with van der Waals surface area (Å²) in [6.45, 7) is 5.13. The number of rotatable bonds is 11. The zero-order valence-corrected chi connectivity index (χ0v) is 47.9. The zero-order valence-electron chi connectivity index (χ0n) is 43.0. The molecule has 1 aliphatic heterocycles. The molecule has 412 valence electrons. The number of nitrogens with zero attached hydrogens (tertiary/aromatic N) is 7. The first-order valence-corrected chi connectivity index (χ1v) is 29.5. The molecule has 8 aromatic rings. The maximum atomic E-state index is 14.3. The number of aryl methyl sites for hydroxylation is 1. The molecule has 7 N–H and O–H groups in total. The van der Waals surface area contributed by atoms with Crippen molar-refractivity contribution < 1.29 is 48.5 Å². The largest absolute Gasteiger partial charge is 0.478 e. The van der Waals surface area contributed by atoms with Crippen molar-refractivity contribution in [3.63, 3.8) is 0 Å². The van der Waals surface area contributed by atoms with E-state index < -0.39 is 66.2 Å². The molecule has 10 bridgehead atoms. The molecule has 28 heteroatoms. The van der Waals surface area contributed by atoms with E-state index in [0.717, 1.165) is 17.4 Å². The third-order valence-electron chi connectivity index (χ3n) is 12.2. The summed E-state index contributed by atoms with van der Waals surface area (Å²) < 4.78 is 5.46. The van der Waals surface area contributed by atoms with Crippen molar-refractivity contribution in [2.45, 2.75) is 64.3 Å². The van der Waals surface area contributed by atoms with Crippen LogP contribution in [0.25, 0.3) is 43.4 Å². The maximum absolute atomic E-state index is 14.3. The summed E-state index contributed by atoms with van der Waals surface area (Å²) in [6.07, 6.45) is 0.0417. The Hall–Kier alpha value is -7.70. The topological polar surface area (TPSA) is 320 Å². The second-order valence-corrected chi connectivity index (χ2v) is 23.9. The van der Waals surface area contributed by atoms with Gasteiger partial charge in [0, 0.05) is 70.6 Å². The molecule has 0 aliphatic carbocycles.